The molecule has 212 valence electrons. The van der Waals surface area contributed by atoms with Crippen molar-refractivity contribution in [3.63, 3.8) is 0 Å². The quantitative estimate of drug-likeness (QED) is 0.229. The lowest BCUT2D eigenvalue weighted by Gasteiger charge is -2.16. The molecule has 1 heterocycles. The summed E-state index contributed by atoms with van der Waals surface area (Å²) in [5.74, 6) is 0.0322. The lowest BCUT2D eigenvalue weighted by molar-refractivity contribution is -0.137. The summed E-state index contributed by atoms with van der Waals surface area (Å²) in [6.45, 7) is 7.69. The van der Waals surface area contributed by atoms with E-state index in [0.29, 0.717) is 46.3 Å². The van der Waals surface area contributed by atoms with Gasteiger partial charge in [0.15, 0.2) is 0 Å². The number of carboxylic acids is 1. The number of hydrogen-bond donors (Lipinski definition) is 3. The minimum Gasteiger partial charge on any atom is -0.495 e. The van der Waals surface area contributed by atoms with Crippen LogP contribution in [0.15, 0.2) is 71.5 Å². The topological polar surface area (TPSA) is 123 Å². The van der Waals surface area contributed by atoms with E-state index in [9.17, 15) is 14.4 Å². The first-order valence-electron chi connectivity index (χ1n) is 13.3. The van der Waals surface area contributed by atoms with E-state index >= 15 is 0 Å². The molecular formula is C32H34N4O5. The summed E-state index contributed by atoms with van der Waals surface area (Å²) in [5.41, 5.74) is 5.37. The number of benzene rings is 3. The van der Waals surface area contributed by atoms with Crippen LogP contribution in [0.1, 0.15) is 47.5 Å². The highest BCUT2D eigenvalue weighted by molar-refractivity contribution is 6.01. The van der Waals surface area contributed by atoms with Gasteiger partial charge in [-0.3, -0.25) is 14.2 Å². The van der Waals surface area contributed by atoms with Crippen molar-refractivity contribution in [2.24, 2.45) is 0 Å². The Morgan fingerprint density at radius 3 is 2.32 bits per heavy atom. The number of para-hydroxylation sites is 1. The number of aliphatic carboxylic acids is 1. The highest BCUT2D eigenvalue weighted by Gasteiger charge is 2.18. The largest absolute Gasteiger partial charge is 0.495 e. The zero-order valence-corrected chi connectivity index (χ0v) is 23.8. The molecule has 0 unspecified atom stereocenters. The molecule has 41 heavy (non-hydrogen) atoms. The van der Waals surface area contributed by atoms with Crippen molar-refractivity contribution in [1.29, 1.82) is 0 Å². The van der Waals surface area contributed by atoms with Gasteiger partial charge in [0.2, 0.25) is 0 Å². The molecular weight excluding hydrogens is 520 g/mol. The molecule has 4 aromatic rings. The van der Waals surface area contributed by atoms with E-state index in [-0.39, 0.29) is 17.9 Å². The first-order chi connectivity index (χ1) is 19.6. The fraction of sp³-hybridized carbons (Fsp3) is 0.250. The number of rotatable bonds is 9. The maximum atomic E-state index is 13.7. The van der Waals surface area contributed by atoms with E-state index in [2.05, 4.69) is 15.6 Å². The molecule has 0 aliphatic carbocycles. The van der Waals surface area contributed by atoms with Crippen LogP contribution in [0.25, 0.3) is 11.1 Å². The standard InChI is InChI=1S/C32H34N4O5/c1-19-8-6-7-9-26(19)34-32(40)35-27-15-14-25(17-28(27)41-5)30-21(3)33-22(4)36(31(30)39)18-23-10-12-24(13-11-23)20(2)16-29(37)38/h6-15,17,20H,16,18H2,1-5H3,(H,37,38)(H2,34,35,40)/t20-/m1/s1. The molecule has 3 aromatic carbocycles. The van der Waals surface area contributed by atoms with Crippen LogP contribution in [0.5, 0.6) is 5.75 Å². The lowest BCUT2D eigenvalue weighted by atomic mass is 9.97. The molecule has 9 nitrogen and oxygen atoms in total. The van der Waals surface area contributed by atoms with Gasteiger partial charge in [-0.05, 0) is 67.1 Å². The van der Waals surface area contributed by atoms with Gasteiger partial charge in [-0.1, -0.05) is 55.5 Å². The van der Waals surface area contributed by atoms with E-state index < -0.39 is 12.0 Å². The Hall–Kier alpha value is -4.92. The number of methoxy groups -OCH3 is 1. The average molecular weight is 555 g/mol. The average Bonchev–Trinajstić information content (AvgIpc) is 2.93. The van der Waals surface area contributed by atoms with Crippen LogP contribution < -0.4 is 20.9 Å². The van der Waals surface area contributed by atoms with Crippen LogP contribution in [-0.2, 0) is 11.3 Å². The maximum Gasteiger partial charge on any atom is 0.323 e. The number of nitrogens with zero attached hydrogens (tertiary/aromatic N) is 2. The highest BCUT2D eigenvalue weighted by atomic mass is 16.5. The van der Waals surface area contributed by atoms with Crippen LogP contribution in [0.3, 0.4) is 0 Å². The third-order valence-electron chi connectivity index (χ3n) is 7.04. The van der Waals surface area contributed by atoms with Crippen LogP contribution in [-0.4, -0.2) is 33.8 Å². The number of hydrogen-bond acceptors (Lipinski definition) is 5. The molecule has 2 amide bonds. The molecule has 0 bridgehead atoms. The van der Waals surface area contributed by atoms with Crippen molar-refractivity contribution in [3.8, 4) is 16.9 Å². The van der Waals surface area contributed by atoms with Crippen molar-refractivity contribution in [2.75, 3.05) is 17.7 Å². The number of urea groups is 1. The van der Waals surface area contributed by atoms with Gasteiger partial charge in [0.25, 0.3) is 5.56 Å². The minimum absolute atomic E-state index is 0.0539. The number of amides is 2. The Morgan fingerprint density at radius 2 is 1.66 bits per heavy atom. The zero-order valence-electron chi connectivity index (χ0n) is 23.8. The fourth-order valence-corrected chi connectivity index (χ4v) is 4.77. The summed E-state index contributed by atoms with van der Waals surface area (Å²) in [6.07, 6.45) is 0.0539. The zero-order chi connectivity index (χ0) is 29.7. The number of aryl methyl sites for hydroxylation is 3. The predicted octanol–water partition coefficient (Wildman–Crippen LogP) is 6.11. The minimum atomic E-state index is -0.840. The van der Waals surface area contributed by atoms with Crippen molar-refractivity contribution in [1.82, 2.24) is 9.55 Å². The Morgan fingerprint density at radius 1 is 0.976 bits per heavy atom. The first kappa shape index (κ1) is 29.1. The molecule has 4 rings (SSSR count). The van der Waals surface area contributed by atoms with Gasteiger partial charge in [-0.15, -0.1) is 0 Å². The molecule has 0 fully saturated rings. The van der Waals surface area contributed by atoms with Gasteiger partial charge >= 0.3 is 12.0 Å². The SMILES string of the molecule is COc1cc(-c2c(C)nc(C)n(Cc3ccc([C@H](C)CC(=O)O)cc3)c2=O)ccc1NC(=O)Nc1ccccc1C. The number of carbonyl (C=O) groups excluding carboxylic acids is 1. The molecule has 0 radical (unpaired) electrons. The second-order valence-corrected chi connectivity index (χ2v) is 10.1. The normalized spacial score (nSPS) is 11.5. The van der Waals surface area contributed by atoms with E-state index in [1.165, 1.54) is 7.11 Å². The third-order valence-corrected chi connectivity index (χ3v) is 7.04. The summed E-state index contributed by atoms with van der Waals surface area (Å²) in [7, 11) is 1.50. The molecule has 0 saturated carbocycles. The van der Waals surface area contributed by atoms with E-state index in [1.807, 2.05) is 62.4 Å². The summed E-state index contributed by atoms with van der Waals surface area (Å²) < 4.78 is 7.17. The second kappa shape index (κ2) is 12.5. The summed E-state index contributed by atoms with van der Waals surface area (Å²) in [4.78, 5) is 42.1. The number of anilines is 2. The first-order valence-corrected chi connectivity index (χ1v) is 13.3. The maximum absolute atomic E-state index is 13.7. The van der Waals surface area contributed by atoms with Gasteiger partial charge in [0.05, 0.1) is 37.0 Å². The fourth-order valence-electron chi connectivity index (χ4n) is 4.77. The number of aromatic nitrogens is 2. The van der Waals surface area contributed by atoms with Crippen LogP contribution in [0.4, 0.5) is 16.2 Å². The van der Waals surface area contributed by atoms with Crippen LogP contribution >= 0.6 is 0 Å². The third kappa shape index (κ3) is 6.81. The predicted molar refractivity (Wildman–Crippen MR) is 160 cm³/mol. The Kier molecular flexibility index (Phi) is 8.87. The van der Waals surface area contributed by atoms with Gasteiger partial charge in [0, 0.05) is 5.69 Å². The molecule has 3 N–H and O–H groups in total. The molecule has 0 aliphatic rings. The van der Waals surface area contributed by atoms with Crippen molar-refractivity contribution >= 4 is 23.4 Å². The number of carboxylic acid groups (broad SMARTS) is 1. The number of ether oxygens (including phenoxy) is 1. The molecule has 9 heteroatoms. The smallest absolute Gasteiger partial charge is 0.323 e. The van der Waals surface area contributed by atoms with Gasteiger partial charge in [-0.25, -0.2) is 9.78 Å². The number of nitrogens with one attached hydrogen (secondary N) is 2. The summed E-state index contributed by atoms with van der Waals surface area (Å²) in [5, 5.41) is 14.7. The van der Waals surface area contributed by atoms with Gasteiger partial charge in [-0.2, -0.15) is 0 Å². The Bertz CT molecular complexity index is 1640. The molecule has 1 atom stereocenters. The van der Waals surface area contributed by atoms with E-state index in [4.69, 9.17) is 9.84 Å². The van der Waals surface area contributed by atoms with Crippen molar-refractivity contribution in [2.45, 2.75) is 46.6 Å². The molecule has 0 saturated heterocycles. The van der Waals surface area contributed by atoms with Crippen molar-refractivity contribution < 1.29 is 19.4 Å². The lowest BCUT2D eigenvalue weighted by Crippen LogP contribution is -2.27. The van der Waals surface area contributed by atoms with Crippen molar-refractivity contribution in [3.05, 3.63) is 105 Å². The molecule has 0 spiro atoms. The molecule has 0 aliphatic heterocycles. The highest BCUT2D eigenvalue weighted by Crippen LogP contribution is 2.31. The van der Waals surface area contributed by atoms with E-state index in [0.717, 1.165) is 16.7 Å². The van der Waals surface area contributed by atoms with Crippen LogP contribution in [0.2, 0.25) is 0 Å². The monoisotopic (exact) mass is 554 g/mol. The van der Waals surface area contributed by atoms with Crippen LogP contribution in [0, 0.1) is 20.8 Å². The number of carbonyl (C=O) groups is 2. The van der Waals surface area contributed by atoms with Gasteiger partial charge in [0.1, 0.15) is 11.6 Å². The second-order valence-electron chi connectivity index (χ2n) is 10.1. The van der Waals surface area contributed by atoms with E-state index in [1.54, 1.807) is 36.6 Å². The Labute approximate surface area is 238 Å². The summed E-state index contributed by atoms with van der Waals surface area (Å²) >= 11 is 0. The van der Waals surface area contributed by atoms with Gasteiger partial charge < -0.3 is 20.5 Å². The molecule has 1 aromatic heterocycles. The Balaban J connectivity index is 1.59. The summed E-state index contributed by atoms with van der Waals surface area (Å²) in [6, 6.07) is 19.9.